The fourth-order valence-corrected chi connectivity index (χ4v) is 7.30. The summed E-state index contributed by atoms with van der Waals surface area (Å²) in [5, 5.41) is 0. The number of rotatable bonds is 4. The summed E-state index contributed by atoms with van der Waals surface area (Å²) in [5.41, 5.74) is 0. The van der Waals surface area contributed by atoms with Crippen LogP contribution in [0.4, 0.5) is 0 Å². The summed E-state index contributed by atoms with van der Waals surface area (Å²) < 4.78 is 40.4. The van der Waals surface area contributed by atoms with Gasteiger partial charge in [-0.25, -0.2) is 0 Å². The minimum absolute atomic E-state index is 0.129. The van der Waals surface area contributed by atoms with Crippen LogP contribution in [0, 0.1) is 41.4 Å². The molecule has 0 aromatic heterocycles. The lowest BCUT2D eigenvalue weighted by Gasteiger charge is -2.40. The number of carbonyl (C=O) groups excluding carboxylic acids is 1. The van der Waals surface area contributed by atoms with Gasteiger partial charge in [-0.3, -0.25) is 8.98 Å². The van der Waals surface area contributed by atoms with Crippen molar-refractivity contribution in [1.29, 1.82) is 0 Å². The molecule has 4 fully saturated rings. The summed E-state index contributed by atoms with van der Waals surface area (Å²) >= 11 is 0. The highest BCUT2D eigenvalue weighted by Crippen LogP contribution is 2.67. The lowest BCUT2D eigenvalue weighted by atomic mass is 9.68. The molecular weight excluding hydrogens is 356 g/mol. The van der Waals surface area contributed by atoms with Gasteiger partial charge in [0.2, 0.25) is 6.29 Å². The predicted octanol–water partition coefficient (Wildman–Crippen LogP) is 2.11. The molecule has 5 rings (SSSR count). The second kappa shape index (κ2) is 6.04. The average Bonchev–Trinajstić information content (AvgIpc) is 3.32. The van der Waals surface area contributed by atoms with Crippen molar-refractivity contribution >= 4 is 16.1 Å². The molecule has 0 aromatic rings. The normalized spacial score (nSPS) is 48.7. The van der Waals surface area contributed by atoms with Crippen molar-refractivity contribution in [1.82, 2.24) is 0 Å². The van der Waals surface area contributed by atoms with Gasteiger partial charge in [-0.1, -0.05) is 12.2 Å². The van der Waals surface area contributed by atoms with Crippen molar-refractivity contribution < 1.29 is 26.9 Å². The van der Waals surface area contributed by atoms with E-state index in [0.29, 0.717) is 36.7 Å². The van der Waals surface area contributed by atoms with Crippen LogP contribution in [0.25, 0.3) is 0 Å². The van der Waals surface area contributed by atoms with Gasteiger partial charge in [0.25, 0.3) is 10.1 Å². The first-order valence-corrected chi connectivity index (χ1v) is 11.6. The maximum Gasteiger partial charge on any atom is 0.314 e. The molecular formula is C19H26O6S. The quantitative estimate of drug-likeness (QED) is 0.321. The molecule has 1 aliphatic heterocycles. The molecule has 0 N–H and O–H groups in total. The molecule has 0 aromatic carbocycles. The summed E-state index contributed by atoms with van der Waals surface area (Å²) in [4.78, 5) is 13.0. The lowest BCUT2D eigenvalue weighted by Crippen LogP contribution is -2.47. The maximum atomic E-state index is 13.0. The van der Waals surface area contributed by atoms with Crippen LogP contribution in [0.1, 0.15) is 32.1 Å². The van der Waals surface area contributed by atoms with Gasteiger partial charge in [0.05, 0.1) is 24.9 Å². The van der Waals surface area contributed by atoms with Gasteiger partial charge >= 0.3 is 5.97 Å². The zero-order chi connectivity index (χ0) is 18.1. The Balaban J connectivity index is 1.40. The number of ether oxygens (including phenoxy) is 2. The molecule has 7 heteroatoms. The molecule has 0 radical (unpaired) electrons. The van der Waals surface area contributed by atoms with E-state index >= 15 is 0 Å². The molecule has 6 nitrogen and oxygen atoms in total. The van der Waals surface area contributed by atoms with Crippen LogP contribution in [0.5, 0.6) is 0 Å². The molecule has 4 bridgehead atoms. The second-order valence-electron chi connectivity index (χ2n) is 8.69. The third-order valence-corrected chi connectivity index (χ3v) is 7.87. The Morgan fingerprint density at radius 3 is 2.46 bits per heavy atom. The van der Waals surface area contributed by atoms with Crippen molar-refractivity contribution in [2.45, 2.75) is 44.5 Å². The largest absolute Gasteiger partial charge is 0.435 e. The number of carbonyl (C=O) groups is 1. The Kier molecular flexibility index (Phi) is 4.00. The standard InChI is InChI=1S/C19H26O6S/c1-26(21,22)25-18-13-9-12(15-10-5-6-11(8-10)16(13)15)17(18)19(20)24-14-4-2-3-7-23-14/h5-6,10-18H,2-4,7-9H2,1H3. The Morgan fingerprint density at radius 2 is 1.81 bits per heavy atom. The van der Waals surface area contributed by atoms with Crippen LogP contribution in [0.3, 0.4) is 0 Å². The van der Waals surface area contributed by atoms with E-state index in [-0.39, 0.29) is 17.8 Å². The highest BCUT2D eigenvalue weighted by Gasteiger charge is 2.67. The fourth-order valence-electron chi connectivity index (χ4n) is 6.64. The van der Waals surface area contributed by atoms with Crippen molar-refractivity contribution in [2.24, 2.45) is 41.4 Å². The summed E-state index contributed by atoms with van der Waals surface area (Å²) in [7, 11) is -3.63. The van der Waals surface area contributed by atoms with Crippen LogP contribution >= 0.6 is 0 Å². The van der Waals surface area contributed by atoms with E-state index in [0.717, 1.165) is 31.9 Å². The molecule has 26 heavy (non-hydrogen) atoms. The molecule has 5 aliphatic rings. The van der Waals surface area contributed by atoms with E-state index < -0.39 is 28.4 Å². The van der Waals surface area contributed by atoms with Crippen LogP contribution in [-0.2, 0) is 28.6 Å². The van der Waals surface area contributed by atoms with Gasteiger partial charge in [0.15, 0.2) is 0 Å². The number of hydrogen-bond donors (Lipinski definition) is 0. The highest BCUT2D eigenvalue weighted by atomic mass is 32.2. The Hall–Kier alpha value is -0.920. The molecule has 1 heterocycles. The van der Waals surface area contributed by atoms with Crippen molar-refractivity contribution in [3.63, 3.8) is 0 Å². The third kappa shape index (κ3) is 2.66. The first-order chi connectivity index (χ1) is 12.4. The molecule has 4 aliphatic carbocycles. The second-order valence-corrected chi connectivity index (χ2v) is 10.3. The average molecular weight is 382 g/mol. The number of fused-ring (bicyclic) bond motifs is 9. The van der Waals surface area contributed by atoms with Crippen LogP contribution in [0.2, 0.25) is 0 Å². The number of hydrogen-bond acceptors (Lipinski definition) is 6. The van der Waals surface area contributed by atoms with Crippen LogP contribution in [-0.4, -0.2) is 39.6 Å². The molecule has 9 atom stereocenters. The summed E-state index contributed by atoms with van der Waals surface area (Å²) in [5.74, 6) is 1.44. The van der Waals surface area contributed by atoms with Gasteiger partial charge in [-0.05, 0) is 61.2 Å². The van der Waals surface area contributed by atoms with Gasteiger partial charge < -0.3 is 9.47 Å². The maximum absolute atomic E-state index is 13.0. The van der Waals surface area contributed by atoms with E-state index in [1.54, 1.807) is 0 Å². The first kappa shape index (κ1) is 17.2. The zero-order valence-electron chi connectivity index (χ0n) is 15.0. The van der Waals surface area contributed by atoms with Crippen molar-refractivity contribution in [3.8, 4) is 0 Å². The number of esters is 1. The minimum Gasteiger partial charge on any atom is -0.435 e. The molecule has 9 unspecified atom stereocenters. The number of allylic oxidation sites excluding steroid dienone is 2. The zero-order valence-corrected chi connectivity index (χ0v) is 15.8. The topological polar surface area (TPSA) is 78.9 Å². The SMILES string of the molecule is CS(=O)(=O)OC1C2CC(C1C(=O)OC1CCCCO1)C1C3C=CC(C3)C21. The first-order valence-electron chi connectivity index (χ1n) is 9.81. The molecule has 1 saturated heterocycles. The van der Waals surface area contributed by atoms with Gasteiger partial charge in [-0.15, -0.1) is 0 Å². The molecule has 0 spiro atoms. The van der Waals surface area contributed by atoms with Crippen molar-refractivity contribution in [3.05, 3.63) is 12.2 Å². The van der Waals surface area contributed by atoms with E-state index in [1.807, 2.05) is 0 Å². The van der Waals surface area contributed by atoms with Gasteiger partial charge in [0.1, 0.15) is 0 Å². The van der Waals surface area contributed by atoms with E-state index in [9.17, 15) is 13.2 Å². The summed E-state index contributed by atoms with van der Waals surface area (Å²) in [6.07, 6.45) is 9.27. The molecule has 0 amide bonds. The fraction of sp³-hybridized carbons (Fsp3) is 0.842. The van der Waals surface area contributed by atoms with E-state index in [2.05, 4.69) is 12.2 Å². The monoisotopic (exact) mass is 382 g/mol. The minimum atomic E-state index is -3.63. The van der Waals surface area contributed by atoms with Crippen LogP contribution in [0.15, 0.2) is 12.2 Å². The van der Waals surface area contributed by atoms with Crippen molar-refractivity contribution in [2.75, 3.05) is 12.9 Å². The molecule has 3 saturated carbocycles. The smallest absolute Gasteiger partial charge is 0.314 e. The third-order valence-electron chi connectivity index (χ3n) is 7.30. The Labute approximate surface area is 154 Å². The van der Waals surface area contributed by atoms with Crippen LogP contribution < -0.4 is 0 Å². The predicted molar refractivity (Wildman–Crippen MR) is 92.2 cm³/mol. The van der Waals surface area contributed by atoms with E-state index in [1.165, 1.54) is 0 Å². The molecule has 144 valence electrons. The summed E-state index contributed by atoms with van der Waals surface area (Å²) in [6, 6.07) is 0. The van der Waals surface area contributed by atoms with Gasteiger partial charge in [-0.2, -0.15) is 8.42 Å². The lowest BCUT2D eigenvalue weighted by molar-refractivity contribution is -0.197. The Bertz CT molecular complexity index is 724. The van der Waals surface area contributed by atoms with Gasteiger partial charge in [0, 0.05) is 6.42 Å². The summed E-state index contributed by atoms with van der Waals surface area (Å²) in [6.45, 7) is 0.608. The Morgan fingerprint density at radius 1 is 1.08 bits per heavy atom. The van der Waals surface area contributed by atoms with E-state index in [4.69, 9.17) is 13.7 Å². The highest BCUT2D eigenvalue weighted by molar-refractivity contribution is 7.86.